The van der Waals surface area contributed by atoms with E-state index in [4.69, 9.17) is 26.4 Å². The molecule has 4 atom stereocenters. The Kier molecular flexibility index (Phi) is 4.11. The number of carbonyl (C=O) groups excluding carboxylic acids is 1. The highest BCUT2D eigenvalue weighted by Crippen LogP contribution is 2.58. The van der Waals surface area contributed by atoms with E-state index >= 15 is 0 Å². The van der Waals surface area contributed by atoms with E-state index in [-0.39, 0.29) is 35.8 Å². The molecule has 170 valence electrons. The summed E-state index contributed by atoms with van der Waals surface area (Å²) in [7, 11) is 1.46. The molecule has 1 N–H and O–H groups in total. The van der Waals surface area contributed by atoms with Crippen LogP contribution < -0.4 is 0 Å². The zero-order valence-electron chi connectivity index (χ0n) is 18.2. The number of pyridine rings is 1. The van der Waals surface area contributed by atoms with E-state index in [1.54, 1.807) is 24.5 Å². The van der Waals surface area contributed by atoms with E-state index in [1.807, 2.05) is 28.9 Å². The quantitative estimate of drug-likeness (QED) is 0.454. The minimum absolute atomic E-state index is 0.0104. The summed E-state index contributed by atoms with van der Waals surface area (Å²) in [5.74, 6) is -0.176. The summed E-state index contributed by atoms with van der Waals surface area (Å²) < 4.78 is 7.01. The van der Waals surface area contributed by atoms with Crippen LogP contribution >= 0.6 is 11.6 Å². The maximum Gasteiger partial charge on any atom is 0.311 e. The molecule has 0 bridgehead atoms. The summed E-state index contributed by atoms with van der Waals surface area (Å²) in [6.07, 6.45) is 7.02. The molecular weight excluding hydrogens is 454 g/mol. The number of phenols is 1. The van der Waals surface area contributed by atoms with Gasteiger partial charge in [-0.15, -0.1) is 0 Å². The number of phenolic OH excluding ortho intramolecular Hbond substituents is 1. The summed E-state index contributed by atoms with van der Waals surface area (Å²) in [4.78, 5) is 23.7. The number of hydrogen-bond acceptors (Lipinski definition) is 7. The number of aromatic hydroxyl groups is 1. The van der Waals surface area contributed by atoms with Crippen molar-refractivity contribution in [1.29, 1.82) is 0 Å². The molecule has 2 saturated heterocycles. The number of carbonyl (C=O) groups is 1. The summed E-state index contributed by atoms with van der Waals surface area (Å²) in [5.41, 5.74) is 6.24. The Morgan fingerprint density at radius 3 is 2.76 bits per heavy atom. The van der Waals surface area contributed by atoms with Gasteiger partial charge in [-0.25, -0.2) is 9.50 Å². The molecule has 3 aliphatic rings. The number of rotatable bonds is 3. The second-order valence-corrected chi connectivity index (χ2v) is 9.52. The Labute approximate surface area is 199 Å². The van der Waals surface area contributed by atoms with Gasteiger partial charge in [-0.1, -0.05) is 17.7 Å². The fourth-order valence-electron chi connectivity index (χ4n) is 6.07. The molecule has 34 heavy (non-hydrogen) atoms. The first-order valence-corrected chi connectivity index (χ1v) is 11.6. The minimum Gasteiger partial charge on any atom is -0.506 e. The van der Waals surface area contributed by atoms with E-state index in [0.29, 0.717) is 5.02 Å². The van der Waals surface area contributed by atoms with Gasteiger partial charge in [0.2, 0.25) is 0 Å². The van der Waals surface area contributed by atoms with Gasteiger partial charge in [-0.3, -0.25) is 14.7 Å². The van der Waals surface area contributed by atoms with E-state index < -0.39 is 0 Å². The average molecular weight is 474 g/mol. The van der Waals surface area contributed by atoms with Crippen LogP contribution in [0.2, 0.25) is 5.02 Å². The molecule has 3 aliphatic heterocycles. The molecule has 3 aromatic heterocycles. The predicted molar refractivity (Wildman–Crippen MR) is 124 cm³/mol. The van der Waals surface area contributed by atoms with Crippen LogP contribution in [0.3, 0.4) is 0 Å². The first-order chi connectivity index (χ1) is 16.6. The summed E-state index contributed by atoms with van der Waals surface area (Å²) in [6, 6.07) is 9.62. The third-order valence-electron chi connectivity index (χ3n) is 7.59. The Balaban J connectivity index is 1.43. The van der Waals surface area contributed by atoms with Crippen molar-refractivity contribution in [2.45, 2.75) is 31.0 Å². The zero-order valence-corrected chi connectivity index (χ0v) is 19.0. The first kappa shape index (κ1) is 19.9. The lowest BCUT2D eigenvalue weighted by Crippen LogP contribution is -2.76. The minimum atomic E-state index is -0.119. The van der Waals surface area contributed by atoms with E-state index in [1.165, 1.54) is 7.11 Å². The second kappa shape index (κ2) is 7.01. The summed E-state index contributed by atoms with van der Waals surface area (Å²) in [5, 5.41) is 15.6. The molecule has 6 heterocycles. The number of methoxy groups -OCH3 is 1. The fraction of sp³-hybridized carbons (Fsp3) is 0.280. The molecule has 2 fully saturated rings. The SMILES string of the molecule is COC(=O)C1C2Cc3cnc4c(-c5ccc(Cl)c(O)c5)c(-c5ccncc5)nn4c3C3CC1N32. The van der Waals surface area contributed by atoms with Crippen LogP contribution in [0.15, 0.2) is 48.9 Å². The molecular formula is C25H20ClN5O3. The Bertz CT molecular complexity index is 1490. The van der Waals surface area contributed by atoms with Gasteiger partial charge in [0.1, 0.15) is 11.4 Å². The normalized spacial score (nSPS) is 24.6. The maximum atomic E-state index is 12.3. The third kappa shape index (κ3) is 2.52. The smallest absolute Gasteiger partial charge is 0.311 e. The molecule has 0 radical (unpaired) electrons. The highest BCUT2D eigenvalue weighted by molar-refractivity contribution is 6.32. The van der Waals surface area contributed by atoms with Crippen molar-refractivity contribution in [3.8, 4) is 28.1 Å². The van der Waals surface area contributed by atoms with Gasteiger partial charge in [0.25, 0.3) is 0 Å². The lowest BCUT2D eigenvalue weighted by Gasteiger charge is -2.67. The zero-order chi connectivity index (χ0) is 23.1. The van der Waals surface area contributed by atoms with Crippen LogP contribution in [0.25, 0.3) is 28.0 Å². The van der Waals surface area contributed by atoms with Crippen molar-refractivity contribution in [2.75, 3.05) is 7.11 Å². The molecule has 0 spiro atoms. The number of benzene rings is 1. The Hall–Kier alpha value is -3.49. The number of fused-ring (bicyclic) bond motifs is 4. The largest absolute Gasteiger partial charge is 0.506 e. The molecule has 4 unspecified atom stereocenters. The lowest BCUT2D eigenvalue weighted by molar-refractivity contribution is -0.204. The third-order valence-corrected chi connectivity index (χ3v) is 7.91. The highest BCUT2D eigenvalue weighted by atomic mass is 35.5. The van der Waals surface area contributed by atoms with Crippen LogP contribution in [0.5, 0.6) is 5.75 Å². The van der Waals surface area contributed by atoms with Crippen LogP contribution in [-0.2, 0) is 16.0 Å². The molecule has 8 nitrogen and oxygen atoms in total. The summed E-state index contributed by atoms with van der Waals surface area (Å²) >= 11 is 6.08. The lowest BCUT2D eigenvalue weighted by atomic mass is 9.62. The van der Waals surface area contributed by atoms with Crippen molar-refractivity contribution in [1.82, 2.24) is 24.5 Å². The number of ether oxygens (including phenoxy) is 1. The summed E-state index contributed by atoms with van der Waals surface area (Å²) in [6.45, 7) is 0. The number of halogens is 1. The second-order valence-electron chi connectivity index (χ2n) is 9.12. The number of hydrogen-bond donors (Lipinski definition) is 1. The van der Waals surface area contributed by atoms with Crippen molar-refractivity contribution in [2.24, 2.45) is 5.92 Å². The molecule has 1 aromatic carbocycles. The Morgan fingerprint density at radius 1 is 1.18 bits per heavy atom. The maximum absolute atomic E-state index is 12.3. The van der Waals surface area contributed by atoms with Crippen LogP contribution in [0.1, 0.15) is 23.7 Å². The van der Waals surface area contributed by atoms with E-state index in [9.17, 15) is 9.90 Å². The van der Waals surface area contributed by atoms with Crippen molar-refractivity contribution < 1.29 is 14.6 Å². The van der Waals surface area contributed by atoms with Gasteiger partial charge in [-0.2, -0.15) is 5.10 Å². The van der Waals surface area contributed by atoms with Crippen molar-refractivity contribution in [3.63, 3.8) is 0 Å². The topological polar surface area (TPSA) is 92.8 Å². The van der Waals surface area contributed by atoms with E-state index in [2.05, 4.69) is 9.88 Å². The number of aromatic nitrogens is 4. The van der Waals surface area contributed by atoms with Gasteiger partial charge in [0.15, 0.2) is 5.65 Å². The molecule has 7 rings (SSSR count). The Morgan fingerprint density at radius 2 is 2.00 bits per heavy atom. The van der Waals surface area contributed by atoms with Gasteiger partial charge in [0.05, 0.1) is 35.3 Å². The highest BCUT2D eigenvalue weighted by Gasteiger charge is 2.64. The number of piperidine rings is 1. The number of esters is 1. The predicted octanol–water partition coefficient (Wildman–Crippen LogP) is 3.66. The standard InChI is InChI=1S/C25H20ClN5O3/c1-34-25(33)21-16-8-14-11-28-24-20(13-2-3-15(26)19(32)9-13)22(12-4-6-27-7-5-12)29-31(24)23(14)18-10-17(21)30(16)18/h2-7,9,11,16-18,21,32H,8,10H2,1H3. The van der Waals surface area contributed by atoms with Crippen molar-refractivity contribution >= 4 is 23.2 Å². The molecule has 0 saturated carbocycles. The van der Waals surface area contributed by atoms with Crippen LogP contribution in [-0.4, -0.2) is 54.8 Å². The molecule has 9 heteroatoms. The first-order valence-electron chi connectivity index (χ1n) is 11.2. The average Bonchev–Trinajstić information content (AvgIpc) is 3.22. The van der Waals surface area contributed by atoms with Gasteiger partial charge in [0, 0.05) is 36.2 Å². The van der Waals surface area contributed by atoms with Crippen LogP contribution in [0, 0.1) is 5.92 Å². The number of nitrogens with zero attached hydrogens (tertiary/aromatic N) is 5. The molecule has 0 aliphatic carbocycles. The van der Waals surface area contributed by atoms with Gasteiger partial charge in [-0.05, 0) is 48.2 Å². The van der Waals surface area contributed by atoms with Gasteiger partial charge < -0.3 is 9.84 Å². The molecule has 4 aromatic rings. The van der Waals surface area contributed by atoms with E-state index in [0.717, 1.165) is 52.1 Å². The fourth-order valence-corrected chi connectivity index (χ4v) is 6.19. The van der Waals surface area contributed by atoms with Crippen molar-refractivity contribution in [3.05, 3.63) is 65.2 Å². The van der Waals surface area contributed by atoms with Crippen LogP contribution in [0.4, 0.5) is 0 Å². The van der Waals surface area contributed by atoms with Gasteiger partial charge >= 0.3 is 5.97 Å². The monoisotopic (exact) mass is 473 g/mol. The molecule has 0 amide bonds.